The maximum absolute atomic E-state index is 10.7. The molecule has 4 N–H and O–H groups in total. The van der Waals surface area contributed by atoms with Crippen LogP contribution in [0.4, 0.5) is 0 Å². The molecule has 0 radical (unpaired) electrons. The molecule has 130 valence electrons. The number of fused-ring (bicyclic) bond motifs is 2. The average Bonchev–Trinajstić information content (AvgIpc) is 2.99. The van der Waals surface area contributed by atoms with Crippen LogP contribution in [0.2, 0.25) is 0 Å². The summed E-state index contributed by atoms with van der Waals surface area (Å²) in [6.07, 6.45) is 0.793. The van der Waals surface area contributed by atoms with Gasteiger partial charge in [-0.25, -0.2) is 0 Å². The molecule has 0 saturated carbocycles. The summed E-state index contributed by atoms with van der Waals surface area (Å²) in [5.41, 5.74) is -1.36. The zero-order valence-corrected chi connectivity index (χ0v) is 14.7. The number of rotatable bonds is 2. The molecule has 3 heterocycles. The maximum atomic E-state index is 10.7. The van der Waals surface area contributed by atoms with E-state index in [1.807, 2.05) is 25.1 Å². The van der Waals surface area contributed by atoms with Crippen LogP contribution in [0.15, 0.2) is 24.4 Å². The molecule has 2 aliphatic heterocycles. The van der Waals surface area contributed by atoms with Crippen LogP contribution in [-0.4, -0.2) is 39.8 Å². The van der Waals surface area contributed by atoms with Crippen LogP contribution in [0, 0.1) is 12.8 Å². The van der Waals surface area contributed by atoms with Crippen LogP contribution in [0.1, 0.15) is 18.5 Å². The second-order valence-electron chi connectivity index (χ2n) is 5.12. The number of aliphatic hydroxyl groups is 1. The van der Waals surface area contributed by atoms with Gasteiger partial charge >= 0.3 is 21.1 Å². The van der Waals surface area contributed by atoms with Gasteiger partial charge in [0.1, 0.15) is 5.60 Å². The van der Waals surface area contributed by atoms with Gasteiger partial charge in [0, 0.05) is 11.9 Å². The van der Waals surface area contributed by atoms with Gasteiger partial charge in [0.2, 0.25) is 0 Å². The first-order chi connectivity index (χ1) is 9.87. The molecular formula is C14H18N2O6Pt. The van der Waals surface area contributed by atoms with Crippen LogP contribution in [-0.2, 0) is 35.4 Å². The van der Waals surface area contributed by atoms with Crippen LogP contribution >= 0.6 is 0 Å². The molecule has 4 atom stereocenters. The molecule has 0 aromatic carbocycles. The predicted molar refractivity (Wildman–Crippen MR) is 70.3 cm³/mol. The summed E-state index contributed by atoms with van der Waals surface area (Å²) < 4.78 is 5.03. The maximum Gasteiger partial charge on any atom is 2.00 e. The number of aryl methyl sites for hydroxylation is 1. The summed E-state index contributed by atoms with van der Waals surface area (Å²) >= 11 is 0. The van der Waals surface area contributed by atoms with Gasteiger partial charge < -0.3 is 35.8 Å². The number of hydrogen-bond donors (Lipinski definition) is 2. The van der Waals surface area contributed by atoms with Crippen molar-refractivity contribution in [3.8, 4) is 0 Å². The molecule has 2 aliphatic rings. The third-order valence-corrected chi connectivity index (χ3v) is 3.78. The summed E-state index contributed by atoms with van der Waals surface area (Å²) in [6.45, 7) is 1.97. The first-order valence-corrected chi connectivity index (χ1v) is 6.55. The normalized spacial score (nSPS) is 30.3. The number of hydrogen-bond acceptors (Lipinski definition) is 8. The van der Waals surface area contributed by atoms with E-state index < -0.39 is 35.7 Å². The third-order valence-electron chi connectivity index (χ3n) is 3.78. The minimum absolute atomic E-state index is 0. The summed E-state index contributed by atoms with van der Waals surface area (Å²) in [6, 6.07) is 5.86. The van der Waals surface area contributed by atoms with E-state index in [0.717, 1.165) is 5.69 Å². The molecule has 0 aliphatic carbocycles. The number of carboxylic acid groups (broad SMARTS) is 2. The van der Waals surface area contributed by atoms with Crippen molar-refractivity contribution in [2.24, 2.45) is 5.92 Å². The predicted octanol–water partition coefficient (Wildman–Crippen LogP) is -2.06. The van der Waals surface area contributed by atoms with Crippen molar-refractivity contribution in [1.29, 1.82) is 0 Å². The zero-order valence-electron chi connectivity index (χ0n) is 12.4. The second kappa shape index (κ2) is 8.49. The molecule has 3 rings (SSSR count). The Morgan fingerprint density at radius 1 is 1.35 bits per heavy atom. The molecule has 1 aromatic rings. The minimum Gasteiger partial charge on any atom is -0.550 e. The second-order valence-corrected chi connectivity index (χ2v) is 5.12. The Hall–Kier alpha value is -1.34. The van der Waals surface area contributed by atoms with Gasteiger partial charge in [0.05, 0.1) is 30.1 Å². The summed E-state index contributed by atoms with van der Waals surface area (Å²) in [7, 11) is 0. The smallest absolute Gasteiger partial charge is 0.550 e. The van der Waals surface area contributed by atoms with E-state index in [0.29, 0.717) is 12.8 Å². The Kier molecular flexibility index (Phi) is 8.00. The standard InChI is InChI=1S/C8H10O6.C6H7N.H3N.Pt/c9-6(10)5-3-1-2-4(14-3)8(5,13)7(11)12;1-6-4-2-3-5-7-6;;/h3-5,13H,1-2H2,(H,9,10)(H,11,12);2-5H,1H3;1H3;/q;;;+2/p-2. The van der Waals surface area contributed by atoms with Crippen molar-refractivity contribution in [3.63, 3.8) is 0 Å². The molecule has 1 aromatic heterocycles. The molecule has 0 spiro atoms. The molecule has 23 heavy (non-hydrogen) atoms. The Morgan fingerprint density at radius 3 is 2.35 bits per heavy atom. The molecule has 2 saturated heterocycles. The van der Waals surface area contributed by atoms with E-state index >= 15 is 0 Å². The monoisotopic (exact) mass is 505 g/mol. The molecule has 2 fully saturated rings. The minimum atomic E-state index is -2.43. The van der Waals surface area contributed by atoms with Crippen LogP contribution in [0.5, 0.6) is 0 Å². The van der Waals surface area contributed by atoms with Crippen LogP contribution in [0.25, 0.3) is 0 Å². The molecule has 8 nitrogen and oxygen atoms in total. The van der Waals surface area contributed by atoms with E-state index in [1.165, 1.54) is 0 Å². The number of nitrogens with zero attached hydrogens (tertiary/aromatic N) is 1. The summed E-state index contributed by atoms with van der Waals surface area (Å²) in [4.78, 5) is 25.3. The Bertz CT molecular complexity index is 543. The van der Waals surface area contributed by atoms with Crippen molar-refractivity contribution in [2.75, 3.05) is 0 Å². The number of carboxylic acids is 2. The quantitative estimate of drug-likeness (QED) is 0.465. The fraction of sp³-hybridized carbons (Fsp3) is 0.500. The summed E-state index contributed by atoms with van der Waals surface area (Å²) in [5, 5.41) is 31.0. The van der Waals surface area contributed by atoms with Gasteiger partial charge in [-0.15, -0.1) is 0 Å². The first-order valence-electron chi connectivity index (χ1n) is 6.55. The van der Waals surface area contributed by atoms with Crippen LogP contribution < -0.4 is 16.4 Å². The van der Waals surface area contributed by atoms with Gasteiger partial charge in [0.25, 0.3) is 0 Å². The van der Waals surface area contributed by atoms with Crippen molar-refractivity contribution in [1.82, 2.24) is 11.1 Å². The topological polar surface area (TPSA) is 158 Å². The van der Waals surface area contributed by atoms with Gasteiger partial charge in [0.15, 0.2) is 0 Å². The Labute approximate surface area is 147 Å². The van der Waals surface area contributed by atoms with Gasteiger partial charge in [-0.05, 0) is 31.9 Å². The van der Waals surface area contributed by atoms with E-state index in [4.69, 9.17) is 4.74 Å². The Morgan fingerprint density at radius 2 is 2.00 bits per heavy atom. The molecule has 4 unspecified atom stereocenters. The largest absolute Gasteiger partial charge is 2.00 e. The SMILES string of the molecule is Cc1ccccn1.N.O=C([O-])C1C2CCC(O2)C1(O)C(=O)[O-].[Pt+2]. The van der Waals surface area contributed by atoms with Crippen molar-refractivity contribution in [2.45, 2.75) is 37.6 Å². The zero-order chi connectivity index (χ0) is 15.6. The third kappa shape index (κ3) is 4.14. The van der Waals surface area contributed by atoms with E-state index in [1.54, 1.807) is 6.20 Å². The fourth-order valence-corrected chi connectivity index (χ4v) is 2.75. The van der Waals surface area contributed by atoms with Gasteiger partial charge in [-0.2, -0.15) is 0 Å². The van der Waals surface area contributed by atoms with E-state index in [-0.39, 0.29) is 27.2 Å². The van der Waals surface area contributed by atoms with Crippen molar-refractivity contribution in [3.05, 3.63) is 30.1 Å². The number of carbonyl (C=O) groups excluding carboxylic acids is 2. The number of pyridine rings is 1. The number of aliphatic carboxylic acids is 2. The first kappa shape index (κ1) is 21.7. The van der Waals surface area contributed by atoms with E-state index in [9.17, 15) is 24.9 Å². The number of carbonyl (C=O) groups is 2. The van der Waals surface area contributed by atoms with Crippen LogP contribution in [0.3, 0.4) is 0 Å². The van der Waals surface area contributed by atoms with Crippen molar-refractivity contribution >= 4 is 11.9 Å². The fourth-order valence-electron chi connectivity index (χ4n) is 2.75. The number of aromatic nitrogens is 1. The number of ether oxygens (including phenoxy) is 1. The average molecular weight is 505 g/mol. The Balaban J connectivity index is 0.000000463. The summed E-state index contributed by atoms with van der Waals surface area (Å²) in [5.74, 6) is -4.94. The van der Waals surface area contributed by atoms with Gasteiger partial charge in [-0.1, -0.05) is 6.07 Å². The molecule has 2 bridgehead atoms. The molecular weight excluding hydrogens is 487 g/mol. The van der Waals surface area contributed by atoms with Gasteiger partial charge in [-0.3, -0.25) is 4.98 Å². The van der Waals surface area contributed by atoms with Crippen molar-refractivity contribution < 1.29 is 50.7 Å². The molecule has 9 heteroatoms. The van der Waals surface area contributed by atoms with E-state index in [2.05, 4.69) is 4.98 Å². The molecule has 0 amide bonds.